The normalized spacial score (nSPS) is 11.7. The maximum Gasteiger partial charge on any atom is 0.326 e. The maximum atomic E-state index is 12.0. The summed E-state index contributed by atoms with van der Waals surface area (Å²) in [5.74, 6) is 3.62. The van der Waals surface area contributed by atoms with Crippen LogP contribution >= 0.6 is 0 Å². The van der Waals surface area contributed by atoms with Crippen molar-refractivity contribution in [1.82, 2.24) is 30.7 Å². The van der Waals surface area contributed by atoms with E-state index in [1.54, 1.807) is 6.20 Å². The first kappa shape index (κ1) is 15.2. The third-order valence-electron chi connectivity index (χ3n) is 2.74. The van der Waals surface area contributed by atoms with E-state index in [2.05, 4.69) is 20.3 Å². The summed E-state index contributed by atoms with van der Waals surface area (Å²) < 4.78 is 0. The highest BCUT2D eigenvalue weighted by Gasteiger charge is 2.22. The van der Waals surface area contributed by atoms with Crippen molar-refractivity contribution in [3.05, 3.63) is 50.8 Å². The SMILES string of the molecule is NNC(=O)C(Cc1c[nH]cn1)NC(=O)c1cc(=O)[nH]c(=O)[nH]1. The van der Waals surface area contributed by atoms with Crippen molar-refractivity contribution in [3.63, 3.8) is 0 Å². The van der Waals surface area contributed by atoms with Gasteiger partial charge in [-0.1, -0.05) is 0 Å². The Morgan fingerprint density at radius 3 is 2.68 bits per heavy atom. The Morgan fingerprint density at radius 1 is 1.32 bits per heavy atom. The highest BCUT2D eigenvalue weighted by molar-refractivity contribution is 5.95. The highest BCUT2D eigenvalue weighted by Crippen LogP contribution is 2.00. The molecule has 7 N–H and O–H groups in total. The van der Waals surface area contributed by atoms with E-state index in [0.29, 0.717) is 5.69 Å². The lowest BCUT2D eigenvalue weighted by Crippen LogP contribution is -2.50. The van der Waals surface area contributed by atoms with E-state index < -0.39 is 29.1 Å². The summed E-state index contributed by atoms with van der Waals surface area (Å²) in [6.07, 6.45) is 3.05. The van der Waals surface area contributed by atoms with Gasteiger partial charge < -0.3 is 15.3 Å². The van der Waals surface area contributed by atoms with E-state index in [1.165, 1.54) is 6.33 Å². The molecule has 0 saturated heterocycles. The van der Waals surface area contributed by atoms with Crippen molar-refractivity contribution in [1.29, 1.82) is 0 Å². The van der Waals surface area contributed by atoms with Gasteiger partial charge in [0.1, 0.15) is 11.7 Å². The maximum absolute atomic E-state index is 12.0. The van der Waals surface area contributed by atoms with Crippen LogP contribution in [0.2, 0.25) is 0 Å². The van der Waals surface area contributed by atoms with E-state index >= 15 is 0 Å². The predicted molar refractivity (Wildman–Crippen MR) is 73.6 cm³/mol. The molecule has 2 amide bonds. The second-order valence-electron chi connectivity index (χ2n) is 4.30. The van der Waals surface area contributed by atoms with Crippen LogP contribution in [0.5, 0.6) is 0 Å². The number of H-pyrrole nitrogens is 3. The summed E-state index contributed by atoms with van der Waals surface area (Å²) in [6.45, 7) is 0. The van der Waals surface area contributed by atoms with Gasteiger partial charge in [-0.2, -0.15) is 0 Å². The third kappa shape index (κ3) is 3.67. The molecule has 2 heterocycles. The lowest BCUT2D eigenvalue weighted by molar-refractivity contribution is -0.123. The molecule has 0 fully saturated rings. The second kappa shape index (κ2) is 6.49. The van der Waals surface area contributed by atoms with E-state index in [-0.39, 0.29) is 12.1 Å². The van der Waals surface area contributed by atoms with Gasteiger partial charge in [0.05, 0.1) is 12.0 Å². The molecule has 1 unspecified atom stereocenters. The van der Waals surface area contributed by atoms with Crippen LogP contribution in [-0.4, -0.2) is 37.8 Å². The fourth-order valence-corrected chi connectivity index (χ4v) is 1.75. The Kier molecular flexibility index (Phi) is 4.48. The van der Waals surface area contributed by atoms with Crippen LogP contribution in [0.1, 0.15) is 16.2 Å². The number of rotatable bonds is 5. The summed E-state index contributed by atoms with van der Waals surface area (Å²) in [7, 11) is 0. The summed E-state index contributed by atoms with van der Waals surface area (Å²) in [5, 5.41) is 2.37. The van der Waals surface area contributed by atoms with E-state index in [0.717, 1.165) is 6.07 Å². The summed E-state index contributed by atoms with van der Waals surface area (Å²) in [4.78, 5) is 56.8. The minimum absolute atomic E-state index is 0.0751. The minimum Gasteiger partial charge on any atom is -0.351 e. The molecule has 0 aromatic carbocycles. The molecule has 0 aliphatic carbocycles. The van der Waals surface area contributed by atoms with Gasteiger partial charge in [0.2, 0.25) is 0 Å². The van der Waals surface area contributed by atoms with Crippen molar-refractivity contribution in [2.75, 3.05) is 0 Å². The Labute approximate surface area is 122 Å². The number of carbonyl (C=O) groups excluding carboxylic acids is 2. The Bertz CT molecular complexity index is 748. The fourth-order valence-electron chi connectivity index (χ4n) is 1.75. The number of amides is 2. The zero-order chi connectivity index (χ0) is 16.1. The highest BCUT2D eigenvalue weighted by atomic mass is 16.2. The van der Waals surface area contributed by atoms with Crippen LogP contribution in [0, 0.1) is 0 Å². The fraction of sp³-hybridized carbons (Fsp3) is 0.182. The van der Waals surface area contributed by atoms with Crippen molar-refractivity contribution in [2.24, 2.45) is 5.84 Å². The van der Waals surface area contributed by atoms with Crippen molar-refractivity contribution in [2.45, 2.75) is 12.5 Å². The standard InChI is InChI=1S/C11H13N7O4/c12-18-10(21)6(1-5-3-13-4-14-5)15-9(20)7-2-8(19)17-11(22)16-7/h2-4,6H,1,12H2,(H,13,14)(H,15,20)(H,18,21)(H2,16,17,19,22). The van der Waals surface area contributed by atoms with Crippen LogP contribution in [0.3, 0.4) is 0 Å². The number of aromatic nitrogens is 4. The monoisotopic (exact) mass is 307 g/mol. The quantitative estimate of drug-likeness (QED) is 0.196. The summed E-state index contributed by atoms with van der Waals surface area (Å²) in [6, 6.07) is -0.119. The predicted octanol–water partition coefficient (Wildman–Crippen LogP) is -2.88. The van der Waals surface area contributed by atoms with Crippen LogP contribution in [0.4, 0.5) is 0 Å². The number of hydrogen-bond acceptors (Lipinski definition) is 6. The molecule has 0 aliphatic rings. The molecular formula is C11H13N7O4. The molecule has 0 aliphatic heterocycles. The number of aromatic amines is 3. The molecule has 2 aromatic rings. The number of hydrogen-bond donors (Lipinski definition) is 6. The number of hydrazine groups is 1. The van der Waals surface area contributed by atoms with Gasteiger partial charge in [-0.05, 0) is 0 Å². The zero-order valence-corrected chi connectivity index (χ0v) is 11.2. The number of nitrogens with one attached hydrogen (secondary N) is 5. The van der Waals surface area contributed by atoms with Crippen LogP contribution in [-0.2, 0) is 11.2 Å². The first-order valence-corrected chi connectivity index (χ1v) is 6.12. The first-order chi connectivity index (χ1) is 10.5. The molecule has 1 atom stereocenters. The molecule has 0 saturated carbocycles. The summed E-state index contributed by atoms with van der Waals surface area (Å²) >= 11 is 0. The Balaban J connectivity index is 2.18. The molecule has 2 aromatic heterocycles. The van der Waals surface area contributed by atoms with Gasteiger partial charge in [-0.3, -0.25) is 24.8 Å². The van der Waals surface area contributed by atoms with Crippen LogP contribution in [0.25, 0.3) is 0 Å². The molecule has 0 spiro atoms. The zero-order valence-electron chi connectivity index (χ0n) is 11.2. The van der Waals surface area contributed by atoms with E-state index in [9.17, 15) is 19.2 Å². The average Bonchev–Trinajstić information content (AvgIpc) is 2.97. The minimum atomic E-state index is -1.02. The van der Waals surface area contributed by atoms with E-state index in [1.807, 2.05) is 10.4 Å². The molecule has 0 radical (unpaired) electrons. The number of imidazole rings is 1. The van der Waals surface area contributed by atoms with Gasteiger partial charge in [0.15, 0.2) is 0 Å². The molecule has 11 nitrogen and oxygen atoms in total. The van der Waals surface area contributed by atoms with Crippen molar-refractivity contribution >= 4 is 11.8 Å². The number of nitrogens with zero attached hydrogens (tertiary/aromatic N) is 1. The lowest BCUT2D eigenvalue weighted by Gasteiger charge is -2.15. The summed E-state index contributed by atoms with van der Waals surface area (Å²) in [5.41, 5.74) is 0.611. The molecule has 0 bridgehead atoms. The van der Waals surface area contributed by atoms with Crippen molar-refractivity contribution < 1.29 is 9.59 Å². The van der Waals surface area contributed by atoms with E-state index in [4.69, 9.17) is 5.84 Å². The number of carbonyl (C=O) groups is 2. The number of nitrogens with two attached hydrogens (primary N) is 1. The third-order valence-corrected chi connectivity index (χ3v) is 2.74. The molecule has 116 valence electrons. The van der Waals surface area contributed by atoms with Crippen LogP contribution < -0.4 is 27.8 Å². The topological polar surface area (TPSA) is 179 Å². The lowest BCUT2D eigenvalue weighted by atomic mass is 10.1. The van der Waals surface area contributed by atoms with Gasteiger partial charge >= 0.3 is 5.69 Å². The smallest absolute Gasteiger partial charge is 0.326 e. The molecule has 2 rings (SSSR count). The molecular weight excluding hydrogens is 294 g/mol. The van der Waals surface area contributed by atoms with Crippen molar-refractivity contribution in [3.8, 4) is 0 Å². The first-order valence-electron chi connectivity index (χ1n) is 6.12. The van der Waals surface area contributed by atoms with Crippen LogP contribution in [0.15, 0.2) is 28.2 Å². The van der Waals surface area contributed by atoms with Gasteiger partial charge in [0.25, 0.3) is 17.4 Å². The van der Waals surface area contributed by atoms with Gasteiger partial charge in [-0.15, -0.1) is 0 Å². The Morgan fingerprint density at radius 2 is 2.09 bits per heavy atom. The average molecular weight is 307 g/mol. The molecule has 11 heteroatoms. The molecule has 22 heavy (non-hydrogen) atoms. The second-order valence-corrected chi connectivity index (χ2v) is 4.30. The van der Waals surface area contributed by atoms with Gasteiger partial charge in [0, 0.05) is 18.7 Å². The Hall–Kier alpha value is -3.21. The largest absolute Gasteiger partial charge is 0.351 e. The van der Waals surface area contributed by atoms with Gasteiger partial charge in [-0.25, -0.2) is 15.6 Å².